The number of carbonyl (C=O) groups is 3. The molecule has 0 spiro atoms. The van der Waals surface area contributed by atoms with Crippen LogP contribution in [0, 0.1) is 0 Å². The molecule has 0 unspecified atom stereocenters. The Bertz CT molecular complexity index is 551. The Morgan fingerprint density at radius 2 is 2.00 bits per heavy atom. The Morgan fingerprint density at radius 3 is 2.53 bits per heavy atom. The molecule has 0 saturated heterocycles. The second-order valence-electron chi connectivity index (χ2n) is 3.44. The topological polar surface area (TPSA) is 119 Å². The van der Waals surface area contributed by atoms with Crippen molar-refractivity contribution in [1.82, 2.24) is 0 Å². The van der Waals surface area contributed by atoms with Gasteiger partial charge in [-0.25, -0.2) is 4.79 Å². The summed E-state index contributed by atoms with van der Waals surface area (Å²) in [6, 6.07) is 4.26. The number of aliphatic carboxylic acids is 1. The second kappa shape index (κ2) is 6.20. The highest BCUT2D eigenvalue weighted by molar-refractivity contribution is 6.04. The van der Waals surface area contributed by atoms with E-state index in [4.69, 9.17) is 15.6 Å². The molecule has 7 heteroatoms. The summed E-state index contributed by atoms with van der Waals surface area (Å²) in [5.41, 5.74) is 5.53. The molecule has 0 aliphatic carbocycles. The van der Waals surface area contributed by atoms with Crippen molar-refractivity contribution in [3.8, 4) is 5.75 Å². The summed E-state index contributed by atoms with van der Waals surface area (Å²) in [5.74, 6) is -2.24. The molecule has 0 radical (unpaired) electrons. The number of ether oxygens (including phenoxy) is 1. The maximum absolute atomic E-state index is 11.4. The third kappa shape index (κ3) is 4.15. The largest absolute Gasteiger partial charge is 0.495 e. The summed E-state index contributed by atoms with van der Waals surface area (Å²) >= 11 is 0. The number of nitrogens with two attached hydrogens (primary N) is 1. The summed E-state index contributed by atoms with van der Waals surface area (Å²) in [4.78, 5) is 32.7. The Balaban J connectivity index is 2.98. The van der Waals surface area contributed by atoms with Crippen molar-refractivity contribution in [2.75, 3.05) is 12.4 Å². The zero-order valence-electron chi connectivity index (χ0n) is 10.0. The first-order valence-corrected chi connectivity index (χ1v) is 5.14. The molecule has 1 rings (SSSR count). The first-order chi connectivity index (χ1) is 8.93. The van der Waals surface area contributed by atoms with E-state index in [1.54, 1.807) is 0 Å². The van der Waals surface area contributed by atoms with Crippen molar-refractivity contribution in [2.45, 2.75) is 0 Å². The number of nitrogens with one attached hydrogen (secondary N) is 1. The summed E-state index contributed by atoms with van der Waals surface area (Å²) in [6.07, 6.45) is 1.54. The maximum atomic E-state index is 11.4. The number of methoxy groups -OCH3 is 1. The van der Waals surface area contributed by atoms with Gasteiger partial charge in [0.15, 0.2) is 0 Å². The zero-order valence-corrected chi connectivity index (χ0v) is 10.0. The Kier molecular flexibility index (Phi) is 4.64. The highest BCUT2D eigenvalue weighted by Gasteiger charge is 2.09. The number of benzene rings is 1. The SMILES string of the molecule is COc1ccc(C(N)=O)cc1NC(=O)/C=C/C(=O)O. The van der Waals surface area contributed by atoms with Gasteiger partial charge in [-0.2, -0.15) is 0 Å². The molecule has 0 fully saturated rings. The molecule has 1 aromatic carbocycles. The van der Waals surface area contributed by atoms with Crippen molar-refractivity contribution < 1.29 is 24.2 Å². The Labute approximate surface area is 108 Å². The van der Waals surface area contributed by atoms with Gasteiger partial charge in [-0.15, -0.1) is 0 Å². The highest BCUT2D eigenvalue weighted by atomic mass is 16.5. The number of hydrogen-bond donors (Lipinski definition) is 3. The lowest BCUT2D eigenvalue weighted by Gasteiger charge is -2.09. The van der Waals surface area contributed by atoms with Crippen LogP contribution in [0.4, 0.5) is 5.69 Å². The van der Waals surface area contributed by atoms with Gasteiger partial charge in [0.1, 0.15) is 5.75 Å². The molecule has 0 saturated carbocycles. The van der Waals surface area contributed by atoms with Crippen molar-refractivity contribution >= 4 is 23.5 Å². The molecule has 2 amide bonds. The van der Waals surface area contributed by atoms with Crippen LogP contribution in [-0.2, 0) is 9.59 Å². The van der Waals surface area contributed by atoms with E-state index in [1.807, 2.05) is 0 Å². The third-order valence-corrected chi connectivity index (χ3v) is 2.12. The number of carboxylic acids is 1. The van der Waals surface area contributed by atoms with E-state index in [0.717, 1.165) is 6.08 Å². The maximum Gasteiger partial charge on any atom is 0.328 e. The van der Waals surface area contributed by atoms with E-state index in [2.05, 4.69) is 5.32 Å². The van der Waals surface area contributed by atoms with Crippen LogP contribution < -0.4 is 15.8 Å². The number of amides is 2. The van der Waals surface area contributed by atoms with E-state index in [9.17, 15) is 14.4 Å². The number of primary amides is 1. The summed E-state index contributed by atoms with van der Waals surface area (Å²) in [7, 11) is 1.39. The molecule has 0 bridgehead atoms. The van der Waals surface area contributed by atoms with Gasteiger partial charge in [-0.3, -0.25) is 9.59 Å². The molecule has 1 aromatic rings. The van der Waals surface area contributed by atoms with Crippen LogP contribution in [0.3, 0.4) is 0 Å². The fraction of sp³-hybridized carbons (Fsp3) is 0.0833. The highest BCUT2D eigenvalue weighted by Crippen LogP contribution is 2.25. The van der Waals surface area contributed by atoms with E-state index >= 15 is 0 Å². The smallest absolute Gasteiger partial charge is 0.328 e. The molecule has 0 atom stereocenters. The minimum atomic E-state index is -1.24. The van der Waals surface area contributed by atoms with Gasteiger partial charge >= 0.3 is 5.97 Å². The number of anilines is 1. The van der Waals surface area contributed by atoms with Gasteiger partial charge in [0, 0.05) is 17.7 Å². The molecule has 7 nitrogen and oxygen atoms in total. The molecule has 0 aliphatic rings. The van der Waals surface area contributed by atoms with Crippen molar-refractivity contribution in [1.29, 1.82) is 0 Å². The van der Waals surface area contributed by atoms with Gasteiger partial charge in [-0.05, 0) is 18.2 Å². The van der Waals surface area contributed by atoms with Crippen LogP contribution >= 0.6 is 0 Å². The van der Waals surface area contributed by atoms with Gasteiger partial charge in [0.05, 0.1) is 12.8 Å². The van der Waals surface area contributed by atoms with E-state index < -0.39 is 17.8 Å². The van der Waals surface area contributed by atoms with Gasteiger partial charge in [0.25, 0.3) is 0 Å². The quantitative estimate of drug-likeness (QED) is 0.664. The molecule has 0 heterocycles. The van der Waals surface area contributed by atoms with E-state index in [1.165, 1.54) is 25.3 Å². The molecular formula is C12H12N2O5. The lowest BCUT2D eigenvalue weighted by Crippen LogP contribution is -2.14. The van der Waals surface area contributed by atoms with E-state index in [-0.39, 0.29) is 11.3 Å². The van der Waals surface area contributed by atoms with Crippen molar-refractivity contribution in [2.24, 2.45) is 5.73 Å². The Morgan fingerprint density at radius 1 is 1.32 bits per heavy atom. The average molecular weight is 264 g/mol. The van der Waals surface area contributed by atoms with Crippen LogP contribution in [0.5, 0.6) is 5.75 Å². The van der Waals surface area contributed by atoms with Gasteiger partial charge in [-0.1, -0.05) is 0 Å². The molecule has 0 aromatic heterocycles. The minimum Gasteiger partial charge on any atom is -0.495 e. The fourth-order valence-corrected chi connectivity index (χ4v) is 1.28. The molecule has 4 N–H and O–H groups in total. The first kappa shape index (κ1) is 14.2. The predicted molar refractivity (Wildman–Crippen MR) is 66.9 cm³/mol. The number of carbonyl (C=O) groups excluding carboxylic acids is 2. The number of rotatable bonds is 5. The predicted octanol–water partition coefficient (Wildman–Crippen LogP) is 0.373. The van der Waals surface area contributed by atoms with Crippen LogP contribution in [0.15, 0.2) is 30.4 Å². The van der Waals surface area contributed by atoms with Crippen LogP contribution in [-0.4, -0.2) is 30.0 Å². The van der Waals surface area contributed by atoms with E-state index in [0.29, 0.717) is 11.8 Å². The monoisotopic (exact) mass is 264 g/mol. The second-order valence-corrected chi connectivity index (χ2v) is 3.44. The normalized spacial score (nSPS) is 10.2. The molecule has 19 heavy (non-hydrogen) atoms. The van der Waals surface area contributed by atoms with Crippen LogP contribution in [0.2, 0.25) is 0 Å². The molecular weight excluding hydrogens is 252 g/mol. The molecule has 100 valence electrons. The first-order valence-electron chi connectivity index (χ1n) is 5.14. The molecule has 0 aliphatic heterocycles. The fourth-order valence-electron chi connectivity index (χ4n) is 1.28. The number of carboxylic acid groups (broad SMARTS) is 1. The van der Waals surface area contributed by atoms with Crippen molar-refractivity contribution in [3.05, 3.63) is 35.9 Å². The minimum absolute atomic E-state index is 0.193. The van der Waals surface area contributed by atoms with Crippen LogP contribution in [0.25, 0.3) is 0 Å². The average Bonchev–Trinajstić information content (AvgIpc) is 2.36. The lowest BCUT2D eigenvalue weighted by molar-refractivity contribution is -0.131. The summed E-state index contributed by atoms with van der Waals surface area (Å²) in [5, 5.41) is 10.8. The summed E-state index contributed by atoms with van der Waals surface area (Å²) < 4.78 is 5.00. The number of hydrogen-bond acceptors (Lipinski definition) is 4. The lowest BCUT2D eigenvalue weighted by atomic mass is 10.1. The third-order valence-electron chi connectivity index (χ3n) is 2.12. The summed E-state index contributed by atoms with van der Waals surface area (Å²) in [6.45, 7) is 0. The van der Waals surface area contributed by atoms with Crippen LogP contribution in [0.1, 0.15) is 10.4 Å². The van der Waals surface area contributed by atoms with Gasteiger partial charge < -0.3 is 20.9 Å². The van der Waals surface area contributed by atoms with Crippen molar-refractivity contribution in [3.63, 3.8) is 0 Å². The van der Waals surface area contributed by atoms with Gasteiger partial charge in [0.2, 0.25) is 11.8 Å². The Hall–Kier alpha value is -2.83. The zero-order chi connectivity index (χ0) is 14.4. The standard InChI is InChI=1S/C12H12N2O5/c1-19-9-3-2-7(12(13)18)6-8(9)14-10(15)4-5-11(16)17/h2-6H,1H3,(H2,13,18)(H,14,15)(H,16,17)/b5-4+.